The van der Waals surface area contributed by atoms with Crippen LogP contribution in [0.15, 0.2) is 18.2 Å². The fraction of sp³-hybridized carbons (Fsp3) is 0.625. The SMILES string of the molecule is COc1ccc(CN2CCC3(CCNCC3)C2)cc1Cl. The number of hydrogen-bond donors (Lipinski definition) is 1. The van der Waals surface area contributed by atoms with Crippen molar-refractivity contribution in [2.45, 2.75) is 25.8 Å². The van der Waals surface area contributed by atoms with Crippen LogP contribution >= 0.6 is 11.6 Å². The Labute approximate surface area is 126 Å². The van der Waals surface area contributed by atoms with Gasteiger partial charge >= 0.3 is 0 Å². The maximum Gasteiger partial charge on any atom is 0.137 e. The number of hydrogen-bond acceptors (Lipinski definition) is 3. The molecule has 0 unspecified atom stereocenters. The van der Waals surface area contributed by atoms with E-state index in [9.17, 15) is 0 Å². The molecule has 2 aliphatic rings. The van der Waals surface area contributed by atoms with Crippen molar-refractivity contribution in [3.05, 3.63) is 28.8 Å². The van der Waals surface area contributed by atoms with Gasteiger partial charge in [-0.3, -0.25) is 4.90 Å². The summed E-state index contributed by atoms with van der Waals surface area (Å²) in [5.41, 5.74) is 1.85. The van der Waals surface area contributed by atoms with E-state index in [1.165, 1.54) is 51.0 Å². The summed E-state index contributed by atoms with van der Waals surface area (Å²) in [6.45, 7) is 5.81. The summed E-state index contributed by atoms with van der Waals surface area (Å²) in [4.78, 5) is 2.57. The van der Waals surface area contributed by atoms with E-state index >= 15 is 0 Å². The lowest BCUT2D eigenvalue weighted by Crippen LogP contribution is -2.38. The topological polar surface area (TPSA) is 24.5 Å². The molecule has 0 aliphatic carbocycles. The molecule has 1 N–H and O–H groups in total. The van der Waals surface area contributed by atoms with Crippen LogP contribution in [0, 0.1) is 5.41 Å². The summed E-state index contributed by atoms with van der Waals surface area (Å²) < 4.78 is 5.21. The normalized spacial score (nSPS) is 22.3. The summed E-state index contributed by atoms with van der Waals surface area (Å²) in [6.07, 6.45) is 4.00. The van der Waals surface area contributed by atoms with Crippen LogP contribution in [0.4, 0.5) is 0 Å². The highest BCUT2D eigenvalue weighted by Crippen LogP contribution is 2.39. The van der Waals surface area contributed by atoms with Gasteiger partial charge < -0.3 is 10.1 Å². The van der Waals surface area contributed by atoms with Gasteiger partial charge in [-0.05, 0) is 62.0 Å². The predicted octanol–water partition coefficient (Wildman–Crippen LogP) is 2.92. The van der Waals surface area contributed by atoms with Crippen LogP contribution in [0.5, 0.6) is 5.75 Å². The smallest absolute Gasteiger partial charge is 0.137 e. The molecule has 2 fully saturated rings. The van der Waals surface area contributed by atoms with Gasteiger partial charge in [0.1, 0.15) is 5.75 Å². The van der Waals surface area contributed by atoms with E-state index < -0.39 is 0 Å². The van der Waals surface area contributed by atoms with Crippen LogP contribution in [-0.4, -0.2) is 38.2 Å². The quantitative estimate of drug-likeness (QED) is 0.928. The van der Waals surface area contributed by atoms with Crippen LogP contribution < -0.4 is 10.1 Å². The molecule has 0 radical (unpaired) electrons. The predicted molar refractivity (Wildman–Crippen MR) is 82.4 cm³/mol. The summed E-state index contributed by atoms with van der Waals surface area (Å²) in [6, 6.07) is 6.12. The van der Waals surface area contributed by atoms with Gasteiger partial charge in [0.2, 0.25) is 0 Å². The summed E-state index contributed by atoms with van der Waals surface area (Å²) >= 11 is 6.21. The zero-order valence-electron chi connectivity index (χ0n) is 12.1. The second-order valence-electron chi connectivity index (χ2n) is 6.18. The van der Waals surface area contributed by atoms with Crippen molar-refractivity contribution in [1.29, 1.82) is 0 Å². The Morgan fingerprint density at radius 2 is 2.10 bits per heavy atom. The van der Waals surface area contributed by atoms with Crippen LogP contribution in [0.3, 0.4) is 0 Å². The summed E-state index contributed by atoms with van der Waals surface area (Å²) in [5.74, 6) is 0.756. The zero-order valence-corrected chi connectivity index (χ0v) is 12.9. The molecule has 1 aromatic rings. The highest BCUT2D eigenvalue weighted by atomic mass is 35.5. The van der Waals surface area contributed by atoms with Crippen LogP contribution in [0.1, 0.15) is 24.8 Å². The Kier molecular flexibility index (Phi) is 4.20. The van der Waals surface area contributed by atoms with E-state index in [0.29, 0.717) is 10.4 Å². The van der Waals surface area contributed by atoms with E-state index in [0.717, 1.165) is 12.3 Å². The van der Waals surface area contributed by atoms with E-state index in [1.807, 2.05) is 12.1 Å². The number of nitrogens with zero attached hydrogens (tertiary/aromatic N) is 1. The average Bonchev–Trinajstić information content (AvgIpc) is 2.82. The first-order valence-electron chi connectivity index (χ1n) is 7.46. The molecule has 1 aromatic carbocycles. The molecule has 0 atom stereocenters. The number of likely N-dealkylation sites (tertiary alicyclic amines) is 1. The summed E-state index contributed by atoms with van der Waals surface area (Å²) in [5, 5.41) is 4.18. The number of methoxy groups -OCH3 is 1. The molecule has 4 heteroatoms. The van der Waals surface area contributed by atoms with Crippen molar-refractivity contribution in [1.82, 2.24) is 10.2 Å². The molecule has 110 valence electrons. The molecule has 20 heavy (non-hydrogen) atoms. The first kappa shape index (κ1) is 14.2. The Morgan fingerprint density at radius 3 is 2.80 bits per heavy atom. The van der Waals surface area contributed by atoms with E-state index in [-0.39, 0.29) is 0 Å². The Balaban J connectivity index is 1.63. The second kappa shape index (κ2) is 5.92. The van der Waals surface area contributed by atoms with Gasteiger partial charge in [0, 0.05) is 13.1 Å². The molecule has 0 bridgehead atoms. The Bertz CT molecular complexity index is 472. The maximum atomic E-state index is 6.21. The average molecular weight is 295 g/mol. The highest BCUT2D eigenvalue weighted by molar-refractivity contribution is 6.32. The van der Waals surface area contributed by atoms with Crippen molar-refractivity contribution in [2.24, 2.45) is 5.41 Å². The fourth-order valence-electron chi connectivity index (χ4n) is 3.59. The van der Waals surface area contributed by atoms with Gasteiger partial charge in [-0.2, -0.15) is 0 Å². The molecule has 0 saturated carbocycles. The van der Waals surface area contributed by atoms with Gasteiger partial charge in [0.05, 0.1) is 12.1 Å². The van der Waals surface area contributed by atoms with Crippen molar-refractivity contribution < 1.29 is 4.74 Å². The number of halogens is 1. The molecule has 2 heterocycles. The first-order chi connectivity index (χ1) is 9.71. The van der Waals surface area contributed by atoms with Gasteiger partial charge in [-0.1, -0.05) is 17.7 Å². The highest BCUT2D eigenvalue weighted by Gasteiger charge is 2.38. The minimum Gasteiger partial charge on any atom is -0.495 e. The molecule has 2 aliphatic heterocycles. The molecule has 1 spiro atoms. The summed E-state index contributed by atoms with van der Waals surface area (Å²) in [7, 11) is 1.65. The van der Waals surface area contributed by atoms with Gasteiger partial charge in [-0.25, -0.2) is 0 Å². The van der Waals surface area contributed by atoms with Crippen LogP contribution in [0.2, 0.25) is 5.02 Å². The van der Waals surface area contributed by atoms with Gasteiger partial charge in [-0.15, -0.1) is 0 Å². The second-order valence-corrected chi connectivity index (χ2v) is 6.59. The molecule has 0 aromatic heterocycles. The van der Waals surface area contributed by atoms with Crippen molar-refractivity contribution in [3.63, 3.8) is 0 Å². The molecule has 2 saturated heterocycles. The lowest BCUT2D eigenvalue weighted by Gasteiger charge is -2.34. The largest absolute Gasteiger partial charge is 0.495 e. The van der Waals surface area contributed by atoms with Crippen LogP contribution in [-0.2, 0) is 6.54 Å². The number of rotatable bonds is 3. The molecule has 3 nitrogen and oxygen atoms in total. The lowest BCUT2D eigenvalue weighted by atomic mass is 9.78. The molecular formula is C16H23ClN2O. The first-order valence-corrected chi connectivity index (χ1v) is 7.84. The van der Waals surface area contributed by atoms with Gasteiger partial charge in [0.25, 0.3) is 0 Å². The fourth-order valence-corrected chi connectivity index (χ4v) is 3.87. The molecular weight excluding hydrogens is 272 g/mol. The van der Waals surface area contributed by atoms with E-state index in [1.54, 1.807) is 7.11 Å². The number of nitrogens with one attached hydrogen (secondary N) is 1. The van der Waals surface area contributed by atoms with Crippen molar-refractivity contribution >= 4 is 11.6 Å². The minimum atomic E-state index is 0.571. The Morgan fingerprint density at radius 1 is 1.30 bits per heavy atom. The third-order valence-corrected chi connectivity index (χ3v) is 5.10. The standard InChI is InChI=1S/C16H23ClN2O/c1-20-15-3-2-13(10-14(15)17)11-19-9-6-16(12-19)4-7-18-8-5-16/h2-3,10,18H,4-9,11-12H2,1H3. The van der Waals surface area contributed by atoms with Gasteiger partial charge in [0.15, 0.2) is 0 Å². The third kappa shape index (κ3) is 2.95. The molecule has 0 amide bonds. The minimum absolute atomic E-state index is 0.571. The van der Waals surface area contributed by atoms with Crippen LogP contribution in [0.25, 0.3) is 0 Å². The lowest BCUT2D eigenvalue weighted by molar-refractivity contribution is 0.194. The number of ether oxygens (including phenoxy) is 1. The Hall–Kier alpha value is -0.770. The van der Waals surface area contributed by atoms with E-state index in [2.05, 4.69) is 16.3 Å². The zero-order chi connectivity index (χ0) is 14.0. The number of piperidine rings is 1. The third-order valence-electron chi connectivity index (χ3n) is 4.80. The number of benzene rings is 1. The van der Waals surface area contributed by atoms with E-state index in [4.69, 9.17) is 16.3 Å². The maximum absolute atomic E-state index is 6.21. The van der Waals surface area contributed by atoms with Crippen molar-refractivity contribution in [3.8, 4) is 5.75 Å². The monoisotopic (exact) mass is 294 g/mol. The van der Waals surface area contributed by atoms with Crippen molar-refractivity contribution in [2.75, 3.05) is 33.3 Å². The molecule has 3 rings (SSSR count).